The normalized spacial score (nSPS) is 9.84. The molecule has 2 heteroatoms. The molecule has 1 aromatic carbocycles. The van der Waals surface area contributed by atoms with E-state index in [1.165, 1.54) is 16.5 Å². The van der Waals surface area contributed by atoms with Crippen LogP contribution < -0.4 is 0 Å². The summed E-state index contributed by atoms with van der Waals surface area (Å²) in [5.74, 6) is 0. The number of hydrogen-bond acceptors (Lipinski definition) is 2. The maximum Gasteiger partial charge on any atom is 0.0708 e. The zero-order valence-electron chi connectivity index (χ0n) is 11.6. The fraction of sp³-hybridized carbons (Fsp3) is 0.176. The van der Waals surface area contributed by atoms with Gasteiger partial charge in [0.1, 0.15) is 0 Å². The molecule has 0 unspecified atom stereocenters. The zero-order chi connectivity index (χ0) is 13.7. The second kappa shape index (κ2) is 6.10. The lowest BCUT2D eigenvalue weighted by Gasteiger charge is -2.08. The molecule has 0 radical (unpaired) electrons. The third-order valence-corrected chi connectivity index (χ3v) is 2.94. The highest BCUT2D eigenvalue weighted by Gasteiger charge is 2.06. The van der Waals surface area contributed by atoms with Gasteiger partial charge in [0.2, 0.25) is 0 Å². The number of fused-ring (bicyclic) bond motifs is 1. The summed E-state index contributed by atoms with van der Waals surface area (Å²) < 4.78 is 0. The van der Waals surface area contributed by atoms with Crippen LogP contribution in [0.2, 0.25) is 0 Å². The van der Waals surface area contributed by atoms with Crippen molar-refractivity contribution >= 4 is 10.9 Å². The molecule has 0 bridgehead atoms. The van der Waals surface area contributed by atoms with Crippen molar-refractivity contribution in [1.82, 2.24) is 9.97 Å². The third-order valence-electron chi connectivity index (χ3n) is 2.94. The summed E-state index contributed by atoms with van der Waals surface area (Å²) in [6, 6.07) is 14.3. The maximum absolute atomic E-state index is 4.38. The van der Waals surface area contributed by atoms with Crippen molar-refractivity contribution in [3.63, 3.8) is 0 Å². The summed E-state index contributed by atoms with van der Waals surface area (Å²) in [6.45, 7) is 6.03. The highest BCUT2D eigenvalue weighted by molar-refractivity contribution is 5.94. The number of benzene rings is 1. The Kier molecular flexibility index (Phi) is 4.24. The van der Waals surface area contributed by atoms with Crippen LogP contribution in [0.1, 0.15) is 19.5 Å². The number of aryl methyl sites for hydroxylation is 1. The Morgan fingerprint density at radius 3 is 2.21 bits per heavy atom. The van der Waals surface area contributed by atoms with Gasteiger partial charge in [-0.15, -0.1) is 0 Å². The summed E-state index contributed by atoms with van der Waals surface area (Å²) in [5.41, 5.74) is 4.43. The predicted molar refractivity (Wildman–Crippen MR) is 81.1 cm³/mol. The molecule has 0 aliphatic carbocycles. The molecule has 0 spiro atoms. The Hall–Kier alpha value is -2.22. The van der Waals surface area contributed by atoms with Gasteiger partial charge in [-0.05, 0) is 30.7 Å². The van der Waals surface area contributed by atoms with Crippen LogP contribution in [0.25, 0.3) is 22.0 Å². The van der Waals surface area contributed by atoms with Gasteiger partial charge in [-0.3, -0.25) is 9.97 Å². The van der Waals surface area contributed by atoms with Crippen LogP contribution >= 0.6 is 0 Å². The Labute approximate surface area is 114 Å². The highest BCUT2D eigenvalue weighted by atomic mass is 14.7. The average Bonchev–Trinajstić information content (AvgIpc) is 2.49. The fourth-order valence-electron chi connectivity index (χ4n) is 2.11. The molecule has 0 amide bonds. The number of aromatic nitrogens is 2. The van der Waals surface area contributed by atoms with Gasteiger partial charge in [0.15, 0.2) is 0 Å². The standard InChI is InChI=1S/C15H12N2.C2H6/c1-11-12(6-3-9-16-11)13-5-2-8-15-14(13)7-4-10-17-15;1-2/h2-10H,1H3;1-2H3. The predicted octanol–water partition coefficient (Wildman–Crippen LogP) is 4.63. The van der Waals surface area contributed by atoms with Gasteiger partial charge < -0.3 is 0 Å². The summed E-state index contributed by atoms with van der Waals surface area (Å²) in [5, 5.41) is 1.17. The van der Waals surface area contributed by atoms with Crippen molar-refractivity contribution in [3.05, 3.63) is 60.6 Å². The van der Waals surface area contributed by atoms with E-state index in [9.17, 15) is 0 Å². The molecule has 0 N–H and O–H groups in total. The van der Waals surface area contributed by atoms with Crippen LogP contribution in [0.4, 0.5) is 0 Å². The van der Waals surface area contributed by atoms with E-state index >= 15 is 0 Å². The Morgan fingerprint density at radius 1 is 0.737 bits per heavy atom. The van der Waals surface area contributed by atoms with E-state index in [-0.39, 0.29) is 0 Å². The Bertz CT molecular complexity index is 669. The van der Waals surface area contributed by atoms with Crippen LogP contribution in [-0.4, -0.2) is 9.97 Å². The van der Waals surface area contributed by atoms with Crippen LogP contribution in [0.15, 0.2) is 54.9 Å². The van der Waals surface area contributed by atoms with E-state index in [1.807, 2.05) is 57.4 Å². The first-order chi connectivity index (χ1) is 9.36. The minimum Gasteiger partial charge on any atom is -0.261 e. The molecule has 2 aromatic heterocycles. The molecule has 0 aliphatic rings. The molecular formula is C17H18N2. The second-order valence-corrected chi connectivity index (χ2v) is 4.01. The van der Waals surface area contributed by atoms with E-state index in [4.69, 9.17) is 0 Å². The fourth-order valence-corrected chi connectivity index (χ4v) is 2.11. The van der Waals surface area contributed by atoms with Gasteiger partial charge in [-0.25, -0.2) is 0 Å². The van der Waals surface area contributed by atoms with Crippen LogP contribution in [0.3, 0.4) is 0 Å². The van der Waals surface area contributed by atoms with Crippen molar-refractivity contribution in [2.24, 2.45) is 0 Å². The first-order valence-corrected chi connectivity index (χ1v) is 6.62. The van der Waals surface area contributed by atoms with Gasteiger partial charge in [0, 0.05) is 29.0 Å². The van der Waals surface area contributed by atoms with E-state index < -0.39 is 0 Å². The molecule has 3 aromatic rings. The molecule has 19 heavy (non-hydrogen) atoms. The van der Waals surface area contributed by atoms with E-state index in [0.717, 1.165) is 11.2 Å². The molecular weight excluding hydrogens is 232 g/mol. The SMILES string of the molecule is CC.Cc1ncccc1-c1cccc2ncccc12. The smallest absolute Gasteiger partial charge is 0.0708 e. The Morgan fingerprint density at radius 2 is 1.42 bits per heavy atom. The van der Waals surface area contributed by atoms with Gasteiger partial charge in [-0.1, -0.05) is 38.1 Å². The van der Waals surface area contributed by atoms with Crippen LogP contribution in [-0.2, 0) is 0 Å². The van der Waals surface area contributed by atoms with Gasteiger partial charge in [0.25, 0.3) is 0 Å². The summed E-state index contributed by atoms with van der Waals surface area (Å²) in [4.78, 5) is 8.72. The number of rotatable bonds is 1. The second-order valence-electron chi connectivity index (χ2n) is 4.01. The summed E-state index contributed by atoms with van der Waals surface area (Å²) in [6.07, 6.45) is 3.64. The number of pyridine rings is 2. The van der Waals surface area contributed by atoms with E-state index in [0.29, 0.717) is 0 Å². The van der Waals surface area contributed by atoms with Crippen molar-refractivity contribution in [2.75, 3.05) is 0 Å². The first-order valence-electron chi connectivity index (χ1n) is 6.62. The highest BCUT2D eigenvalue weighted by Crippen LogP contribution is 2.28. The minimum atomic E-state index is 1.02. The molecule has 2 nitrogen and oxygen atoms in total. The molecule has 3 rings (SSSR count). The third kappa shape index (κ3) is 2.63. The number of hydrogen-bond donors (Lipinski definition) is 0. The first kappa shape index (κ1) is 13.2. The molecule has 0 atom stereocenters. The maximum atomic E-state index is 4.38. The van der Waals surface area contributed by atoms with Crippen molar-refractivity contribution < 1.29 is 0 Å². The molecule has 0 aliphatic heterocycles. The van der Waals surface area contributed by atoms with Crippen LogP contribution in [0, 0.1) is 6.92 Å². The molecule has 2 heterocycles. The summed E-state index contributed by atoms with van der Waals surface area (Å²) in [7, 11) is 0. The molecule has 0 saturated carbocycles. The lowest BCUT2D eigenvalue weighted by molar-refractivity contribution is 1.20. The largest absolute Gasteiger partial charge is 0.261 e. The van der Waals surface area contributed by atoms with Crippen molar-refractivity contribution in [2.45, 2.75) is 20.8 Å². The number of nitrogens with zero attached hydrogens (tertiary/aromatic N) is 2. The minimum absolute atomic E-state index is 1.02. The monoisotopic (exact) mass is 250 g/mol. The quantitative estimate of drug-likeness (QED) is 0.629. The Balaban J connectivity index is 0.000000637. The molecule has 0 fully saturated rings. The van der Waals surface area contributed by atoms with Crippen molar-refractivity contribution in [3.8, 4) is 11.1 Å². The topological polar surface area (TPSA) is 25.8 Å². The zero-order valence-corrected chi connectivity index (χ0v) is 11.6. The summed E-state index contributed by atoms with van der Waals surface area (Å²) >= 11 is 0. The van der Waals surface area contributed by atoms with Gasteiger partial charge >= 0.3 is 0 Å². The van der Waals surface area contributed by atoms with Crippen molar-refractivity contribution in [1.29, 1.82) is 0 Å². The van der Waals surface area contributed by atoms with Gasteiger partial charge in [-0.2, -0.15) is 0 Å². The van der Waals surface area contributed by atoms with E-state index in [1.54, 1.807) is 0 Å². The lowest BCUT2D eigenvalue weighted by atomic mass is 10.00. The molecule has 0 saturated heterocycles. The lowest BCUT2D eigenvalue weighted by Crippen LogP contribution is -1.88. The van der Waals surface area contributed by atoms with Gasteiger partial charge in [0.05, 0.1) is 5.52 Å². The molecule has 96 valence electrons. The van der Waals surface area contributed by atoms with Crippen LogP contribution in [0.5, 0.6) is 0 Å². The van der Waals surface area contributed by atoms with E-state index in [2.05, 4.69) is 28.2 Å². The average molecular weight is 250 g/mol.